The van der Waals surface area contributed by atoms with Crippen LogP contribution in [-0.4, -0.2) is 28.1 Å². The van der Waals surface area contributed by atoms with Crippen LogP contribution in [0.2, 0.25) is 0 Å². The number of aromatic nitrogens is 1. The Hall–Kier alpha value is -3.87. The van der Waals surface area contributed by atoms with Crippen LogP contribution in [0.25, 0.3) is 0 Å². The molecule has 0 unspecified atom stereocenters. The van der Waals surface area contributed by atoms with E-state index in [1.165, 1.54) is 6.07 Å². The van der Waals surface area contributed by atoms with Gasteiger partial charge in [-0.15, -0.1) is 0 Å². The summed E-state index contributed by atoms with van der Waals surface area (Å²) in [5.41, 5.74) is 1.81. The summed E-state index contributed by atoms with van der Waals surface area (Å²) in [6.07, 6.45) is 3.73. The minimum Gasteiger partial charge on any atom is -0.490 e. The first kappa shape index (κ1) is 23.8. The number of rotatable bonds is 10. The van der Waals surface area contributed by atoms with Gasteiger partial charge in [-0.3, -0.25) is 4.79 Å². The molecule has 1 amide bonds. The van der Waals surface area contributed by atoms with Gasteiger partial charge in [0.15, 0.2) is 0 Å². The summed E-state index contributed by atoms with van der Waals surface area (Å²) in [5, 5.41) is 12.0. The largest absolute Gasteiger partial charge is 0.490 e. The molecule has 0 atom stereocenters. The number of pyridine rings is 1. The summed E-state index contributed by atoms with van der Waals surface area (Å²) < 4.78 is 11.7. The Labute approximate surface area is 193 Å². The van der Waals surface area contributed by atoms with Crippen molar-refractivity contribution in [2.45, 2.75) is 46.1 Å². The zero-order chi connectivity index (χ0) is 23.8. The van der Waals surface area contributed by atoms with Crippen molar-refractivity contribution >= 4 is 17.6 Å². The van der Waals surface area contributed by atoms with Crippen molar-refractivity contribution < 1.29 is 24.2 Å². The average molecular weight is 449 g/mol. The number of carbonyl (C=O) groups is 2. The van der Waals surface area contributed by atoms with Gasteiger partial charge in [0.2, 0.25) is 11.8 Å². The second-order valence-corrected chi connectivity index (χ2v) is 7.71. The number of benzene rings is 2. The van der Waals surface area contributed by atoms with Crippen molar-refractivity contribution in [1.29, 1.82) is 0 Å². The number of carboxylic acid groups (broad SMARTS) is 1. The van der Waals surface area contributed by atoms with Crippen molar-refractivity contribution in [3.8, 4) is 17.4 Å². The summed E-state index contributed by atoms with van der Waals surface area (Å²) in [6.45, 7) is 5.99. The first-order valence-electron chi connectivity index (χ1n) is 10.9. The van der Waals surface area contributed by atoms with Gasteiger partial charge in [0, 0.05) is 12.3 Å². The molecule has 0 radical (unpaired) electrons. The Kier molecular flexibility index (Phi) is 8.02. The predicted octanol–water partition coefficient (Wildman–Crippen LogP) is 5.63. The topological polar surface area (TPSA) is 97.8 Å². The van der Waals surface area contributed by atoms with E-state index in [-0.39, 0.29) is 29.7 Å². The van der Waals surface area contributed by atoms with E-state index in [4.69, 9.17) is 9.47 Å². The Morgan fingerprint density at radius 3 is 2.30 bits per heavy atom. The van der Waals surface area contributed by atoms with Gasteiger partial charge in [-0.05, 0) is 61.7 Å². The quantitative estimate of drug-likeness (QED) is 0.417. The first-order valence-corrected chi connectivity index (χ1v) is 10.9. The molecule has 7 heteroatoms. The van der Waals surface area contributed by atoms with Crippen molar-refractivity contribution in [2.24, 2.45) is 0 Å². The highest BCUT2D eigenvalue weighted by Gasteiger charge is 2.13. The van der Waals surface area contributed by atoms with Crippen LogP contribution in [0.3, 0.4) is 0 Å². The number of amides is 1. The van der Waals surface area contributed by atoms with Crippen LogP contribution in [0.1, 0.15) is 48.2 Å². The smallest absolute Gasteiger partial charge is 0.337 e. The number of carboxylic acids is 1. The van der Waals surface area contributed by atoms with Gasteiger partial charge in [0.25, 0.3) is 0 Å². The summed E-state index contributed by atoms with van der Waals surface area (Å²) in [7, 11) is 0. The van der Waals surface area contributed by atoms with Crippen molar-refractivity contribution in [1.82, 2.24) is 4.98 Å². The molecule has 0 saturated heterocycles. The number of nitrogens with zero attached hydrogens (tertiary/aromatic N) is 1. The highest BCUT2D eigenvalue weighted by Crippen LogP contribution is 2.24. The number of ether oxygens (including phenoxy) is 2. The molecule has 3 rings (SSSR count). The van der Waals surface area contributed by atoms with Crippen LogP contribution in [0, 0.1) is 6.92 Å². The summed E-state index contributed by atoms with van der Waals surface area (Å²) in [6, 6.07) is 15.7. The maximum atomic E-state index is 12.4. The van der Waals surface area contributed by atoms with Crippen molar-refractivity contribution in [3.05, 3.63) is 77.5 Å². The lowest BCUT2D eigenvalue weighted by Crippen LogP contribution is -2.17. The number of hydrogen-bond acceptors (Lipinski definition) is 5. The van der Waals surface area contributed by atoms with E-state index in [9.17, 15) is 14.7 Å². The second-order valence-electron chi connectivity index (χ2n) is 7.71. The summed E-state index contributed by atoms with van der Waals surface area (Å²) in [4.78, 5) is 28.1. The van der Waals surface area contributed by atoms with E-state index in [0.717, 1.165) is 24.2 Å². The molecule has 7 nitrogen and oxygen atoms in total. The lowest BCUT2D eigenvalue weighted by Gasteiger charge is -2.15. The fraction of sp³-hybridized carbons (Fsp3) is 0.269. The molecule has 0 fully saturated rings. The Morgan fingerprint density at radius 1 is 1.00 bits per heavy atom. The summed E-state index contributed by atoms with van der Waals surface area (Å²) in [5.74, 6) is 0.409. The van der Waals surface area contributed by atoms with E-state index >= 15 is 0 Å². The number of hydrogen-bond donors (Lipinski definition) is 2. The third kappa shape index (κ3) is 6.80. The minimum absolute atomic E-state index is 0.0570. The lowest BCUT2D eigenvalue weighted by atomic mass is 10.1. The fourth-order valence-corrected chi connectivity index (χ4v) is 3.25. The van der Waals surface area contributed by atoms with Gasteiger partial charge in [-0.2, -0.15) is 0 Å². The molecule has 33 heavy (non-hydrogen) atoms. The first-order chi connectivity index (χ1) is 15.9. The average Bonchev–Trinajstić information content (AvgIpc) is 2.81. The van der Waals surface area contributed by atoms with E-state index in [0.29, 0.717) is 17.2 Å². The number of aromatic carboxylic acids is 1. The van der Waals surface area contributed by atoms with Gasteiger partial charge in [-0.1, -0.05) is 31.5 Å². The third-order valence-corrected chi connectivity index (χ3v) is 5.10. The van der Waals surface area contributed by atoms with Crippen LogP contribution in [-0.2, 0) is 11.2 Å². The van der Waals surface area contributed by atoms with Crippen molar-refractivity contribution in [2.75, 3.05) is 5.32 Å². The number of anilines is 1. The molecule has 0 bridgehead atoms. The van der Waals surface area contributed by atoms with E-state index in [2.05, 4.69) is 24.1 Å². The standard InChI is InChI=1S/C26H28N2O5/c1-4-19(5-2)32-20-8-10-21(11-9-20)33-25-13-7-18(16-27-25)15-24(29)28-23-12-6-17(3)14-22(23)26(30)31/h6-14,16,19H,4-5,15H2,1-3H3,(H,28,29)(H,30,31). The normalized spacial score (nSPS) is 10.7. The SMILES string of the molecule is CCC(CC)Oc1ccc(Oc2ccc(CC(=O)Nc3ccc(C)cc3C(=O)O)cn2)cc1. The molecule has 3 aromatic rings. The fourth-order valence-electron chi connectivity index (χ4n) is 3.25. The van der Waals surface area contributed by atoms with Gasteiger partial charge < -0.3 is 19.9 Å². The van der Waals surface area contributed by atoms with Crippen LogP contribution >= 0.6 is 0 Å². The molecule has 0 aliphatic rings. The molecule has 0 spiro atoms. The Bertz CT molecular complexity index is 1090. The Balaban J connectivity index is 1.57. The molecule has 2 aromatic carbocycles. The molecular weight excluding hydrogens is 420 g/mol. The summed E-state index contributed by atoms with van der Waals surface area (Å²) >= 11 is 0. The second kappa shape index (κ2) is 11.1. The van der Waals surface area contributed by atoms with Crippen LogP contribution < -0.4 is 14.8 Å². The molecule has 0 aliphatic heterocycles. The zero-order valence-corrected chi connectivity index (χ0v) is 19.0. The maximum absolute atomic E-state index is 12.4. The molecule has 1 heterocycles. The van der Waals surface area contributed by atoms with Crippen LogP contribution in [0.4, 0.5) is 5.69 Å². The van der Waals surface area contributed by atoms with Gasteiger partial charge in [0.05, 0.1) is 23.8 Å². The number of carbonyl (C=O) groups excluding carboxylic acids is 1. The van der Waals surface area contributed by atoms with E-state index in [1.807, 2.05) is 24.3 Å². The minimum atomic E-state index is -1.09. The van der Waals surface area contributed by atoms with Gasteiger partial charge in [0.1, 0.15) is 11.5 Å². The van der Waals surface area contributed by atoms with Crippen molar-refractivity contribution in [3.63, 3.8) is 0 Å². The number of nitrogens with one attached hydrogen (secondary N) is 1. The van der Waals surface area contributed by atoms with E-state index in [1.54, 1.807) is 37.4 Å². The lowest BCUT2D eigenvalue weighted by molar-refractivity contribution is -0.115. The molecule has 0 saturated carbocycles. The van der Waals surface area contributed by atoms with Gasteiger partial charge >= 0.3 is 5.97 Å². The van der Waals surface area contributed by atoms with E-state index < -0.39 is 5.97 Å². The number of aryl methyl sites for hydroxylation is 1. The third-order valence-electron chi connectivity index (χ3n) is 5.10. The molecular formula is C26H28N2O5. The molecule has 172 valence electrons. The predicted molar refractivity (Wildman–Crippen MR) is 126 cm³/mol. The highest BCUT2D eigenvalue weighted by molar-refractivity contribution is 6.01. The molecule has 2 N–H and O–H groups in total. The maximum Gasteiger partial charge on any atom is 0.337 e. The molecule has 1 aromatic heterocycles. The van der Waals surface area contributed by atoms with Crippen LogP contribution in [0.5, 0.6) is 17.4 Å². The van der Waals surface area contributed by atoms with Gasteiger partial charge in [-0.25, -0.2) is 9.78 Å². The Morgan fingerprint density at radius 2 is 1.70 bits per heavy atom. The zero-order valence-electron chi connectivity index (χ0n) is 19.0. The van der Waals surface area contributed by atoms with Crippen LogP contribution in [0.15, 0.2) is 60.8 Å². The monoisotopic (exact) mass is 448 g/mol. The molecule has 0 aliphatic carbocycles. The highest BCUT2D eigenvalue weighted by atomic mass is 16.5.